The number of halogens is 3. The number of hydrogen-bond donors (Lipinski definition) is 2. The fourth-order valence-corrected chi connectivity index (χ4v) is 3.76. The highest BCUT2D eigenvalue weighted by molar-refractivity contribution is 5.94. The van der Waals surface area contributed by atoms with Crippen molar-refractivity contribution in [3.63, 3.8) is 0 Å². The van der Waals surface area contributed by atoms with Crippen LogP contribution in [0.15, 0.2) is 24.3 Å². The van der Waals surface area contributed by atoms with E-state index in [1.165, 1.54) is 18.6 Å². The molecule has 2 N–H and O–H groups in total. The maximum atomic E-state index is 12.7. The Morgan fingerprint density at radius 3 is 2.40 bits per heavy atom. The number of nitrogens with one attached hydrogen (secondary N) is 2. The average Bonchev–Trinajstić information content (AvgIpc) is 2.69. The number of alkyl halides is 3. The fourth-order valence-electron chi connectivity index (χ4n) is 3.76. The predicted octanol–water partition coefficient (Wildman–Crippen LogP) is 3.74. The molecule has 8 heteroatoms. The third-order valence-corrected chi connectivity index (χ3v) is 6.17. The number of rotatable bonds is 7. The second-order valence-corrected chi connectivity index (χ2v) is 8.47. The van der Waals surface area contributed by atoms with Gasteiger partial charge < -0.3 is 10.6 Å². The molecule has 0 heterocycles. The molecule has 2 amide bonds. The second-order valence-electron chi connectivity index (χ2n) is 8.47. The molecule has 1 fully saturated rings. The van der Waals surface area contributed by atoms with E-state index in [-0.39, 0.29) is 23.6 Å². The molecular weight excluding hydrogens is 395 g/mol. The molecule has 30 heavy (non-hydrogen) atoms. The number of hydrogen-bond acceptors (Lipinski definition) is 3. The van der Waals surface area contributed by atoms with E-state index in [1.807, 2.05) is 24.2 Å². The predicted molar refractivity (Wildman–Crippen MR) is 110 cm³/mol. The van der Waals surface area contributed by atoms with E-state index in [0.717, 1.165) is 18.4 Å². The van der Waals surface area contributed by atoms with Crippen LogP contribution in [0.3, 0.4) is 0 Å². The highest BCUT2D eigenvalue weighted by Gasteiger charge is 2.30. The van der Waals surface area contributed by atoms with Gasteiger partial charge in [-0.1, -0.05) is 38.8 Å². The molecule has 1 aliphatic carbocycles. The van der Waals surface area contributed by atoms with Crippen LogP contribution in [-0.2, 0) is 11.3 Å². The summed E-state index contributed by atoms with van der Waals surface area (Å²) in [7, 11) is 1.85. The normalized spacial score (nSPS) is 23.1. The van der Waals surface area contributed by atoms with Crippen molar-refractivity contribution in [2.75, 3.05) is 13.6 Å². The zero-order valence-corrected chi connectivity index (χ0v) is 18.1. The molecule has 0 radical (unpaired) electrons. The lowest BCUT2D eigenvalue weighted by Crippen LogP contribution is -2.50. The van der Waals surface area contributed by atoms with Crippen LogP contribution >= 0.6 is 0 Å². The Kier molecular flexibility index (Phi) is 8.29. The first kappa shape index (κ1) is 24.2. The summed E-state index contributed by atoms with van der Waals surface area (Å²) in [5, 5.41) is 5.04. The Morgan fingerprint density at radius 2 is 1.80 bits per heavy atom. The van der Waals surface area contributed by atoms with Crippen molar-refractivity contribution in [2.45, 2.75) is 64.8 Å². The zero-order valence-electron chi connectivity index (χ0n) is 18.1. The molecule has 1 aromatic carbocycles. The monoisotopic (exact) mass is 427 g/mol. The van der Waals surface area contributed by atoms with Crippen molar-refractivity contribution in [1.29, 1.82) is 0 Å². The maximum absolute atomic E-state index is 12.7. The van der Waals surface area contributed by atoms with Crippen LogP contribution in [0.25, 0.3) is 0 Å². The highest BCUT2D eigenvalue weighted by atomic mass is 19.4. The van der Waals surface area contributed by atoms with E-state index in [9.17, 15) is 22.8 Å². The van der Waals surface area contributed by atoms with Gasteiger partial charge in [0.15, 0.2) is 0 Å². The van der Waals surface area contributed by atoms with Crippen molar-refractivity contribution in [2.24, 2.45) is 11.8 Å². The minimum Gasteiger partial charge on any atom is -0.352 e. The Hall–Kier alpha value is -2.09. The standard InChI is InChI=1S/C22H32F3N3O2/c1-14-6-5-7-19(15(14)2)27-20(29)16(3)28(4)12-17-8-10-18(11-9-17)21(30)26-13-22(23,24)25/h8-11,14-16,19H,5-7,12-13H2,1-4H3,(H,26,30)(H,27,29). The van der Waals surface area contributed by atoms with Gasteiger partial charge in [-0.15, -0.1) is 0 Å². The first-order chi connectivity index (χ1) is 14.0. The van der Waals surface area contributed by atoms with Gasteiger partial charge in [0.2, 0.25) is 5.91 Å². The molecule has 1 saturated carbocycles. The molecule has 0 aliphatic heterocycles. The molecule has 4 atom stereocenters. The van der Waals surface area contributed by atoms with E-state index in [1.54, 1.807) is 12.1 Å². The zero-order chi connectivity index (χ0) is 22.5. The van der Waals surface area contributed by atoms with E-state index in [4.69, 9.17) is 0 Å². The van der Waals surface area contributed by atoms with Gasteiger partial charge in [0.1, 0.15) is 6.54 Å². The number of carbonyl (C=O) groups is 2. The molecule has 168 valence electrons. The summed E-state index contributed by atoms with van der Waals surface area (Å²) in [6, 6.07) is 6.23. The Labute approximate surface area is 176 Å². The van der Waals surface area contributed by atoms with Crippen LogP contribution in [0.4, 0.5) is 13.2 Å². The quantitative estimate of drug-likeness (QED) is 0.697. The van der Waals surface area contributed by atoms with E-state index >= 15 is 0 Å². The SMILES string of the molecule is CC1CCCC(NC(=O)C(C)N(C)Cc2ccc(C(=O)NCC(F)(F)F)cc2)C1C. The van der Waals surface area contributed by atoms with Crippen molar-refractivity contribution < 1.29 is 22.8 Å². The van der Waals surface area contributed by atoms with Crippen LogP contribution in [0.1, 0.15) is 56.0 Å². The van der Waals surface area contributed by atoms with Crippen LogP contribution in [0.5, 0.6) is 0 Å². The lowest BCUT2D eigenvalue weighted by atomic mass is 9.78. The van der Waals surface area contributed by atoms with Crippen LogP contribution in [0, 0.1) is 11.8 Å². The van der Waals surface area contributed by atoms with E-state index in [0.29, 0.717) is 18.4 Å². The maximum Gasteiger partial charge on any atom is 0.405 e. The van der Waals surface area contributed by atoms with Crippen LogP contribution in [0.2, 0.25) is 0 Å². The molecule has 0 bridgehead atoms. The van der Waals surface area contributed by atoms with Gasteiger partial charge in [0, 0.05) is 18.2 Å². The van der Waals surface area contributed by atoms with Gasteiger partial charge in [-0.05, 0) is 49.9 Å². The van der Waals surface area contributed by atoms with Crippen LogP contribution in [-0.4, -0.2) is 48.6 Å². The number of carbonyl (C=O) groups excluding carboxylic acids is 2. The van der Waals surface area contributed by atoms with Gasteiger partial charge >= 0.3 is 6.18 Å². The molecule has 4 unspecified atom stereocenters. The van der Waals surface area contributed by atoms with Gasteiger partial charge in [-0.25, -0.2) is 0 Å². The molecule has 2 rings (SSSR count). The largest absolute Gasteiger partial charge is 0.405 e. The van der Waals surface area contributed by atoms with Crippen LogP contribution < -0.4 is 10.6 Å². The Bertz CT molecular complexity index is 721. The second kappa shape index (κ2) is 10.3. The summed E-state index contributed by atoms with van der Waals surface area (Å²) in [5.41, 5.74) is 1.03. The first-order valence-electron chi connectivity index (χ1n) is 10.4. The highest BCUT2D eigenvalue weighted by Crippen LogP contribution is 2.29. The average molecular weight is 428 g/mol. The summed E-state index contributed by atoms with van der Waals surface area (Å²) in [6.07, 6.45) is -1.11. The summed E-state index contributed by atoms with van der Waals surface area (Å²) < 4.78 is 36.6. The topological polar surface area (TPSA) is 61.4 Å². The first-order valence-corrected chi connectivity index (χ1v) is 10.4. The molecule has 0 aromatic heterocycles. The number of nitrogens with zero attached hydrogens (tertiary/aromatic N) is 1. The summed E-state index contributed by atoms with van der Waals surface area (Å²) >= 11 is 0. The molecule has 1 aliphatic rings. The Balaban J connectivity index is 1.87. The molecule has 1 aromatic rings. The third kappa shape index (κ3) is 7.00. The van der Waals surface area contributed by atoms with Crippen molar-refractivity contribution in [3.05, 3.63) is 35.4 Å². The summed E-state index contributed by atoms with van der Waals surface area (Å²) in [4.78, 5) is 26.4. The van der Waals surface area contributed by atoms with Gasteiger partial charge in [-0.2, -0.15) is 13.2 Å². The van der Waals surface area contributed by atoms with E-state index < -0.39 is 18.6 Å². The fraction of sp³-hybridized carbons (Fsp3) is 0.636. The molecule has 0 spiro atoms. The lowest BCUT2D eigenvalue weighted by molar-refractivity contribution is -0.127. The molecule has 0 saturated heterocycles. The molecule has 5 nitrogen and oxygen atoms in total. The van der Waals surface area contributed by atoms with Gasteiger partial charge in [0.25, 0.3) is 5.91 Å². The van der Waals surface area contributed by atoms with E-state index in [2.05, 4.69) is 19.2 Å². The van der Waals surface area contributed by atoms with Gasteiger partial charge in [-0.3, -0.25) is 14.5 Å². The number of likely N-dealkylation sites (N-methyl/N-ethyl adjacent to an activating group) is 1. The van der Waals surface area contributed by atoms with Crippen molar-refractivity contribution in [3.8, 4) is 0 Å². The molecular formula is C22H32F3N3O2. The third-order valence-electron chi connectivity index (χ3n) is 6.17. The van der Waals surface area contributed by atoms with Gasteiger partial charge in [0.05, 0.1) is 6.04 Å². The number of benzene rings is 1. The van der Waals surface area contributed by atoms with Crippen molar-refractivity contribution >= 4 is 11.8 Å². The minimum atomic E-state index is -4.44. The smallest absolute Gasteiger partial charge is 0.352 e. The minimum absolute atomic E-state index is 0.00778. The summed E-state index contributed by atoms with van der Waals surface area (Å²) in [6.45, 7) is 5.39. The summed E-state index contributed by atoms with van der Waals surface area (Å²) in [5.74, 6) is 0.280. The number of amides is 2. The van der Waals surface area contributed by atoms with Crippen molar-refractivity contribution in [1.82, 2.24) is 15.5 Å². The Morgan fingerprint density at radius 1 is 1.17 bits per heavy atom. The lowest BCUT2D eigenvalue weighted by Gasteiger charge is -2.36.